The highest BCUT2D eigenvalue weighted by Crippen LogP contribution is 2.26. The molecule has 0 unspecified atom stereocenters. The maximum atomic E-state index is 10.8. The van der Waals surface area contributed by atoms with Crippen molar-refractivity contribution >= 4 is 22.2 Å². The molecule has 1 aromatic carbocycles. The lowest BCUT2D eigenvalue weighted by atomic mass is 10.1. The van der Waals surface area contributed by atoms with Gasteiger partial charge in [0.05, 0.1) is 0 Å². The van der Waals surface area contributed by atoms with Gasteiger partial charge in [-0.2, -0.15) is 4.98 Å². The van der Waals surface area contributed by atoms with Crippen molar-refractivity contribution in [1.29, 1.82) is 0 Å². The summed E-state index contributed by atoms with van der Waals surface area (Å²) in [4.78, 5) is 15.0. The first-order valence-corrected chi connectivity index (χ1v) is 5.18. The molecule has 0 radical (unpaired) electrons. The van der Waals surface area contributed by atoms with E-state index in [-0.39, 0.29) is 0 Å². The van der Waals surface area contributed by atoms with E-state index in [1.54, 1.807) is 0 Å². The maximum absolute atomic E-state index is 10.8. The van der Waals surface area contributed by atoms with Gasteiger partial charge in [-0.3, -0.25) is 4.79 Å². The van der Waals surface area contributed by atoms with Crippen LogP contribution >= 0.6 is 15.9 Å². The van der Waals surface area contributed by atoms with Crippen molar-refractivity contribution in [1.82, 2.24) is 4.98 Å². The summed E-state index contributed by atoms with van der Waals surface area (Å²) in [5.74, 6) is 0.501. The minimum atomic E-state index is 0.312. The molecule has 0 fully saturated rings. The quantitative estimate of drug-likeness (QED) is 0.784. The van der Waals surface area contributed by atoms with Crippen LogP contribution in [0.3, 0.4) is 0 Å². The molecule has 1 aromatic heterocycles. The van der Waals surface area contributed by atoms with Gasteiger partial charge >= 0.3 is 0 Å². The van der Waals surface area contributed by atoms with Gasteiger partial charge in [-0.1, -0.05) is 23.8 Å². The predicted molar refractivity (Wildman–Crippen MR) is 59.8 cm³/mol. The van der Waals surface area contributed by atoms with E-state index >= 15 is 0 Å². The molecule has 2 aromatic rings. The van der Waals surface area contributed by atoms with E-state index in [0.29, 0.717) is 22.5 Å². The van der Waals surface area contributed by atoms with E-state index in [1.807, 2.05) is 31.2 Å². The summed E-state index contributed by atoms with van der Waals surface area (Å²) in [5, 5.41) is 0. The number of aromatic nitrogens is 1. The Bertz CT molecular complexity index is 505. The number of oxazole rings is 1. The van der Waals surface area contributed by atoms with Crippen molar-refractivity contribution in [3.05, 3.63) is 40.3 Å². The first-order valence-electron chi connectivity index (χ1n) is 4.39. The fourth-order valence-electron chi connectivity index (χ4n) is 1.38. The zero-order chi connectivity index (χ0) is 10.8. The van der Waals surface area contributed by atoms with Crippen molar-refractivity contribution in [3.8, 4) is 11.3 Å². The maximum Gasteiger partial charge on any atom is 0.265 e. The van der Waals surface area contributed by atoms with E-state index in [1.165, 1.54) is 0 Å². The van der Waals surface area contributed by atoms with Gasteiger partial charge < -0.3 is 4.42 Å². The minimum absolute atomic E-state index is 0.312. The zero-order valence-electron chi connectivity index (χ0n) is 8.03. The fraction of sp³-hybridized carbons (Fsp3) is 0.0909. The summed E-state index contributed by atoms with van der Waals surface area (Å²) in [6.45, 7) is 1.98. The average Bonchev–Trinajstić information content (AvgIpc) is 2.59. The van der Waals surface area contributed by atoms with Crippen molar-refractivity contribution < 1.29 is 9.21 Å². The fourth-order valence-corrected chi connectivity index (χ4v) is 1.73. The Balaban J connectivity index is 2.57. The summed E-state index contributed by atoms with van der Waals surface area (Å²) in [6, 6.07) is 7.72. The summed E-state index contributed by atoms with van der Waals surface area (Å²) >= 11 is 3.10. The molecule has 0 aliphatic carbocycles. The average molecular weight is 266 g/mol. The first kappa shape index (κ1) is 10.1. The van der Waals surface area contributed by atoms with Crippen LogP contribution in [0.4, 0.5) is 0 Å². The Morgan fingerprint density at radius 2 is 2.27 bits per heavy atom. The van der Waals surface area contributed by atoms with E-state index in [4.69, 9.17) is 4.42 Å². The number of rotatable bonds is 2. The van der Waals surface area contributed by atoms with E-state index in [2.05, 4.69) is 20.9 Å². The largest absolute Gasteiger partial charge is 0.430 e. The second-order valence-electron chi connectivity index (χ2n) is 3.17. The molecule has 1 heterocycles. The Morgan fingerprint density at radius 3 is 2.93 bits per heavy atom. The molecule has 2 rings (SSSR count). The van der Waals surface area contributed by atoms with Crippen LogP contribution in [-0.4, -0.2) is 11.3 Å². The molecule has 0 spiro atoms. The third-order valence-electron chi connectivity index (χ3n) is 2.02. The third kappa shape index (κ3) is 1.99. The second-order valence-corrected chi connectivity index (χ2v) is 3.85. The molecular formula is C11H8BrNO2. The van der Waals surface area contributed by atoms with Gasteiger partial charge in [0.2, 0.25) is 0 Å². The molecule has 0 N–H and O–H groups in total. The summed E-state index contributed by atoms with van der Waals surface area (Å²) in [5.41, 5.74) is 2.28. The molecule has 0 aliphatic rings. The van der Waals surface area contributed by atoms with Gasteiger partial charge in [-0.15, -0.1) is 0 Å². The highest BCUT2D eigenvalue weighted by molar-refractivity contribution is 9.10. The van der Waals surface area contributed by atoms with Gasteiger partial charge in [-0.05, 0) is 13.0 Å². The molecule has 0 saturated carbocycles. The lowest BCUT2D eigenvalue weighted by molar-refractivity contribution is 0.111. The molecule has 76 valence electrons. The van der Waals surface area contributed by atoms with E-state index < -0.39 is 0 Å². The van der Waals surface area contributed by atoms with Crippen LogP contribution in [0, 0.1) is 6.92 Å². The topological polar surface area (TPSA) is 43.1 Å². The Hall–Kier alpha value is -1.42. The smallest absolute Gasteiger partial charge is 0.265 e. The zero-order valence-corrected chi connectivity index (χ0v) is 9.61. The normalized spacial score (nSPS) is 10.3. The number of aryl methyl sites for hydroxylation is 1. The molecule has 3 nitrogen and oxygen atoms in total. The van der Waals surface area contributed by atoms with Gasteiger partial charge in [-0.25, -0.2) is 0 Å². The number of halogens is 1. The van der Waals surface area contributed by atoms with Gasteiger partial charge in [0.1, 0.15) is 0 Å². The van der Waals surface area contributed by atoms with E-state index in [9.17, 15) is 4.79 Å². The van der Waals surface area contributed by atoms with Crippen molar-refractivity contribution in [2.24, 2.45) is 0 Å². The molecule has 0 amide bonds. The second kappa shape index (κ2) is 3.98. The highest BCUT2D eigenvalue weighted by Gasteiger charge is 2.12. The van der Waals surface area contributed by atoms with Crippen molar-refractivity contribution in [3.63, 3.8) is 0 Å². The number of hydrogen-bond donors (Lipinski definition) is 0. The SMILES string of the molecule is Cc1cccc(-c2oc(Br)nc2C=O)c1. The standard InChI is InChI=1S/C11H8BrNO2/c1-7-3-2-4-8(5-7)10-9(6-14)13-11(12)15-10/h2-6H,1H3. The Kier molecular flexibility index (Phi) is 2.68. The molecule has 4 heteroatoms. The van der Waals surface area contributed by atoms with Crippen LogP contribution in [0.15, 0.2) is 33.5 Å². The number of aldehydes is 1. The Morgan fingerprint density at radius 1 is 1.47 bits per heavy atom. The summed E-state index contributed by atoms with van der Waals surface area (Å²) in [7, 11) is 0. The van der Waals surface area contributed by atoms with Gasteiger partial charge in [0, 0.05) is 21.5 Å². The van der Waals surface area contributed by atoms with Crippen LogP contribution < -0.4 is 0 Å². The van der Waals surface area contributed by atoms with E-state index in [0.717, 1.165) is 11.1 Å². The van der Waals surface area contributed by atoms with Crippen LogP contribution in [0.5, 0.6) is 0 Å². The van der Waals surface area contributed by atoms with Crippen LogP contribution in [0.25, 0.3) is 11.3 Å². The lowest BCUT2D eigenvalue weighted by Gasteiger charge is -1.98. The summed E-state index contributed by atoms with van der Waals surface area (Å²) in [6.07, 6.45) is 0.686. The lowest BCUT2D eigenvalue weighted by Crippen LogP contribution is -1.84. The number of benzene rings is 1. The number of hydrogen-bond acceptors (Lipinski definition) is 3. The Labute approximate surface area is 95.3 Å². The highest BCUT2D eigenvalue weighted by atomic mass is 79.9. The number of carbonyl (C=O) groups is 1. The predicted octanol–water partition coefficient (Wildman–Crippen LogP) is 3.23. The van der Waals surface area contributed by atoms with Gasteiger partial charge in [0.15, 0.2) is 17.7 Å². The van der Waals surface area contributed by atoms with Gasteiger partial charge in [0.25, 0.3) is 4.80 Å². The van der Waals surface area contributed by atoms with Crippen LogP contribution in [-0.2, 0) is 0 Å². The molecule has 0 aliphatic heterocycles. The van der Waals surface area contributed by atoms with Crippen LogP contribution in [0.1, 0.15) is 16.1 Å². The third-order valence-corrected chi connectivity index (χ3v) is 2.36. The molecular weight excluding hydrogens is 258 g/mol. The molecule has 0 bridgehead atoms. The monoisotopic (exact) mass is 265 g/mol. The van der Waals surface area contributed by atoms with Crippen LogP contribution in [0.2, 0.25) is 0 Å². The van der Waals surface area contributed by atoms with Crippen molar-refractivity contribution in [2.45, 2.75) is 6.92 Å². The minimum Gasteiger partial charge on any atom is -0.430 e. The number of nitrogens with zero attached hydrogens (tertiary/aromatic N) is 1. The molecule has 0 saturated heterocycles. The number of carbonyl (C=O) groups excluding carboxylic acids is 1. The van der Waals surface area contributed by atoms with Crippen molar-refractivity contribution in [2.75, 3.05) is 0 Å². The molecule has 0 atom stereocenters. The summed E-state index contributed by atoms with van der Waals surface area (Å²) < 4.78 is 5.32. The first-order chi connectivity index (χ1) is 7.20. The molecule has 15 heavy (non-hydrogen) atoms.